The van der Waals surface area contributed by atoms with Gasteiger partial charge >= 0.3 is 0 Å². The number of halogens is 1. The maximum absolute atomic E-state index is 14.7. The highest BCUT2D eigenvalue weighted by Crippen LogP contribution is 2.39. The molecule has 1 amide bonds. The Hall–Kier alpha value is -2.99. The van der Waals surface area contributed by atoms with E-state index in [1.54, 1.807) is 35.2 Å². The molecule has 1 aliphatic heterocycles. The minimum Gasteiger partial charge on any atom is -0.450 e. The number of nitrogens with zero attached hydrogens (tertiary/aromatic N) is 2. The fourth-order valence-electron chi connectivity index (χ4n) is 3.94. The third-order valence-corrected chi connectivity index (χ3v) is 5.33. The van der Waals surface area contributed by atoms with Crippen molar-refractivity contribution in [2.75, 3.05) is 27.2 Å². The number of carbonyl (C=O) groups excluding carboxylic acids is 1. The van der Waals surface area contributed by atoms with Crippen LogP contribution >= 0.6 is 0 Å². The van der Waals surface area contributed by atoms with Gasteiger partial charge in [0.25, 0.3) is 5.91 Å². The Morgan fingerprint density at radius 3 is 2.62 bits per heavy atom. The fourth-order valence-corrected chi connectivity index (χ4v) is 3.94. The van der Waals surface area contributed by atoms with Crippen molar-refractivity contribution in [2.45, 2.75) is 19.4 Å². The number of benzene rings is 2. The molecule has 0 fully saturated rings. The van der Waals surface area contributed by atoms with Crippen molar-refractivity contribution < 1.29 is 13.6 Å². The van der Waals surface area contributed by atoms with Crippen LogP contribution in [0.25, 0.3) is 11.0 Å². The summed E-state index contributed by atoms with van der Waals surface area (Å²) in [5.74, 6) is -0.796. The Morgan fingerprint density at radius 1 is 1.14 bits per heavy atom. The normalized spacial score (nSPS) is 16.1. The van der Waals surface area contributed by atoms with Crippen LogP contribution in [-0.2, 0) is 0 Å². The average molecular weight is 394 g/mol. The maximum atomic E-state index is 14.7. The van der Waals surface area contributed by atoms with Gasteiger partial charge in [-0.2, -0.15) is 0 Å². The number of aryl methyl sites for hydroxylation is 1. The van der Waals surface area contributed by atoms with E-state index >= 15 is 0 Å². The first-order valence-corrected chi connectivity index (χ1v) is 9.66. The molecule has 4 rings (SSSR count). The van der Waals surface area contributed by atoms with Crippen molar-refractivity contribution in [3.05, 3.63) is 81.0 Å². The van der Waals surface area contributed by atoms with Crippen LogP contribution in [0.5, 0.6) is 0 Å². The zero-order chi connectivity index (χ0) is 20.7. The van der Waals surface area contributed by atoms with Gasteiger partial charge in [-0.15, -0.1) is 0 Å². The van der Waals surface area contributed by atoms with E-state index in [1.807, 2.05) is 32.0 Å². The largest absolute Gasteiger partial charge is 0.450 e. The predicted octanol–water partition coefficient (Wildman–Crippen LogP) is 3.74. The van der Waals surface area contributed by atoms with Crippen molar-refractivity contribution in [2.24, 2.45) is 0 Å². The van der Waals surface area contributed by atoms with E-state index in [1.165, 1.54) is 6.07 Å². The third-order valence-electron chi connectivity index (χ3n) is 5.33. The van der Waals surface area contributed by atoms with Gasteiger partial charge in [0.1, 0.15) is 11.4 Å². The van der Waals surface area contributed by atoms with E-state index in [0.29, 0.717) is 29.5 Å². The maximum Gasteiger partial charge on any atom is 0.290 e. The molecule has 0 aliphatic carbocycles. The van der Waals surface area contributed by atoms with E-state index in [4.69, 9.17) is 4.42 Å². The molecule has 1 aromatic heterocycles. The average Bonchev–Trinajstić information content (AvgIpc) is 2.95. The topological polar surface area (TPSA) is 53.8 Å². The highest BCUT2D eigenvalue weighted by molar-refractivity contribution is 5.99. The molecule has 3 aromatic rings. The summed E-state index contributed by atoms with van der Waals surface area (Å²) >= 11 is 0. The first-order valence-electron chi connectivity index (χ1n) is 9.66. The van der Waals surface area contributed by atoms with Gasteiger partial charge in [0.05, 0.1) is 17.0 Å². The van der Waals surface area contributed by atoms with Crippen LogP contribution in [0.15, 0.2) is 51.7 Å². The number of amides is 1. The van der Waals surface area contributed by atoms with Gasteiger partial charge < -0.3 is 14.2 Å². The molecule has 29 heavy (non-hydrogen) atoms. The lowest BCUT2D eigenvalue weighted by Gasteiger charge is -2.26. The summed E-state index contributed by atoms with van der Waals surface area (Å²) in [6, 6.07) is 10.8. The smallest absolute Gasteiger partial charge is 0.290 e. The van der Waals surface area contributed by atoms with Crippen LogP contribution in [0.2, 0.25) is 0 Å². The molecule has 1 aliphatic rings. The summed E-state index contributed by atoms with van der Waals surface area (Å²) in [6.45, 7) is 3.06. The van der Waals surface area contributed by atoms with Gasteiger partial charge in [0.15, 0.2) is 5.43 Å². The summed E-state index contributed by atoms with van der Waals surface area (Å²) < 4.78 is 20.6. The monoisotopic (exact) mass is 394 g/mol. The Labute approximate surface area is 168 Å². The molecule has 0 bridgehead atoms. The Bertz CT molecular complexity index is 1150. The zero-order valence-electron chi connectivity index (χ0n) is 16.7. The number of carbonyl (C=O) groups is 1. The Kier molecular flexibility index (Phi) is 4.96. The van der Waals surface area contributed by atoms with E-state index in [-0.39, 0.29) is 22.7 Å². The van der Waals surface area contributed by atoms with Crippen LogP contribution in [0, 0.1) is 12.7 Å². The number of hydrogen-bond acceptors (Lipinski definition) is 4. The zero-order valence-corrected chi connectivity index (χ0v) is 16.7. The standard InChI is InChI=1S/C23H23FN2O3/c1-14-9-10-18-16(13-14)21(27)19-20(15-7-4-5-8-17(15)24)26(12-6-11-25(2)3)23(28)22(19)29-18/h4-5,7-10,13,20H,6,11-12H2,1-3H3/t20-/m0/s1. The molecule has 2 aromatic carbocycles. The SMILES string of the molecule is Cc1ccc2oc3c(c(=O)c2c1)[C@H](c1ccccc1F)N(CCCN(C)C)C3=O. The summed E-state index contributed by atoms with van der Waals surface area (Å²) in [4.78, 5) is 30.1. The minimum absolute atomic E-state index is 0.0180. The Balaban J connectivity index is 1.91. The molecule has 0 N–H and O–H groups in total. The van der Waals surface area contributed by atoms with Crippen molar-refractivity contribution >= 4 is 16.9 Å². The second-order valence-electron chi connectivity index (χ2n) is 7.75. The van der Waals surface area contributed by atoms with E-state index in [2.05, 4.69) is 0 Å². The summed E-state index contributed by atoms with van der Waals surface area (Å²) in [6.07, 6.45) is 0.699. The highest BCUT2D eigenvalue weighted by Gasteiger charge is 2.43. The quantitative estimate of drug-likeness (QED) is 0.662. The van der Waals surface area contributed by atoms with Gasteiger partial charge in [0, 0.05) is 12.1 Å². The molecule has 5 nitrogen and oxygen atoms in total. The van der Waals surface area contributed by atoms with Gasteiger partial charge in [0.2, 0.25) is 5.76 Å². The molecule has 0 saturated carbocycles. The lowest BCUT2D eigenvalue weighted by Crippen LogP contribution is -2.32. The molecule has 0 radical (unpaired) electrons. The van der Waals surface area contributed by atoms with Crippen LogP contribution in [0.4, 0.5) is 4.39 Å². The first-order chi connectivity index (χ1) is 13.9. The van der Waals surface area contributed by atoms with Crippen molar-refractivity contribution in [1.82, 2.24) is 9.80 Å². The van der Waals surface area contributed by atoms with Crippen molar-refractivity contribution in [1.29, 1.82) is 0 Å². The highest BCUT2D eigenvalue weighted by atomic mass is 19.1. The number of rotatable bonds is 5. The lowest BCUT2D eigenvalue weighted by atomic mass is 9.97. The molecule has 1 atom stereocenters. The van der Waals surface area contributed by atoms with Crippen molar-refractivity contribution in [3.63, 3.8) is 0 Å². The van der Waals surface area contributed by atoms with E-state index in [9.17, 15) is 14.0 Å². The molecule has 0 spiro atoms. The summed E-state index contributed by atoms with van der Waals surface area (Å²) in [7, 11) is 3.91. The van der Waals surface area contributed by atoms with Gasteiger partial charge in [-0.1, -0.05) is 29.8 Å². The fraction of sp³-hybridized carbons (Fsp3) is 0.304. The first kappa shape index (κ1) is 19.3. The second kappa shape index (κ2) is 7.44. The third kappa shape index (κ3) is 3.34. The van der Waals surface area contributed by atoms with Crippen LogP contribution < -0.4 is 5.43 Å². The molecule has 2 heterocycles. The number of hydrogen-bond donors (Lipinski definition) is 0. The van der Waals surface area contributed by atoms with E-state index in [0.717, 1.165) is 12.1 Å². The Morgan fingerprint density at radius 2 is 1.90 bits per heavy atom. The van der Waals surface area contributed by atoms with E-state index < -0.39 is 11.9 Å². The predicted molar refractivity (Wildman–Crippen MR) is 110 cm³/mol. The second-order valence-corrected chi connectivity index (χ2v) is 7.75. The minimum atomic E-state index is -0.790. The van der Waals surface area contributed by atoms with Gasteiger partial charge in [-0.3, -0.25) is 9.59 Å². The van der Waals surface area contributed by atoms with Gasteiger partial charge in [-0.05, 0) is 52.2 Å². The van der Waals surface area contributed by atoms with Crippen LogP contribution in [0.3, 0.4) is 0 Å². The number of fused-ring (bicyclic) bond motifs is 2. The molecule has 6 heteroatoms. The molecular formula is C23H23FN2O3. The molecule has 0 unspecified atom stereocenters. The summed E-state index contributed by atoms with van der Waals surface area (Å²) in [5, 5.41) is 0.410. The van der Waals surface area contributed by atoms with Crippen molar-refractivity contribution in [3.8, 4) is 0 Å². The lowest BCUT2D eigenvalue weighted by molar-refractivity contribution is 0.0720. The van der Waals surface area contributed by atoms with Crippen LogP contribution in [0.1, 0.15) is 39.7 Å². The molecule has 0 saturated heterocycles. The molecular weight excluding hydrogens is 371 g/mol. The van der Waals surface area contributed by atoms with Crippen LogP contribution in [-0.4, -0.2) is 42.9 Å². The molecule has 150 valence electrons. The summed E-state index contributed by atoms with van der Waals surface area (Å²) in [5.41, 5.74) is 1.54. The van der Waals surface area contributed by atoms with Gasteiger partial charge in [-0.25, -0.2) is 4.39 Å².